The second-order valence-corrected chi connectivity index (χ2v) is 8.46. The number of aryl methyl sites for hydroxylation is 2. The third-order valence-corrected chi connectivity index (χ3v) is 5.91. The Labute approximate surface area is 165 Å². The molecule has 0 aliphatic heterocycles. The van der Waals surface area contributed by atoms with Crippen molar-refractivity contribution in [3.63, 3.8) is 0 Å². The van der Waals surface area contributed by atoms with E-state index >= 15 is 0 Å². The largest absolute Gasteiger partial charge is 0.453 e. The molecule has 0 saturated carbocycles. The van der Waals surface area contributed by atoms with Crippen molar-refractivity contribution in [1.29, 1.82) is 0 Å². The lowest BCUT2D eigenvalue weighted by atomic mass is 10.1. The minimum atomic E-state index is -0.793. The van der Waals surface area contributed by atoms with Gasteiger partial charge < -0.3 is 10.5 Å². The first-order chi connectivity index (χ1) is 13.2. The lowest BCUT2D eigenvalue weighted by Gasteiger charge is -2.16. The van der Waals surface area contributed by atoms with Gasteiger partial charge in [0.1, 0.15) is 16.3 Å². The van der Waals surface area contributed by atoms with Crippen molar-refractivity contribution < 1.29 is 14.3 Å². The van der Waals surface area contributed by atoms with Crippen LogP contribution >= 0.6 is 11.3 Å². The van der Waals surface area contributed by atoms with Gasteiger partial charge in [0.2, 0.25) is 5.78 Å². The molecule has 1 aliphatic carbocycles. The van der Waals surface area contributed by atoms with Gasteiger partial charge in [-0.25, -0.2) is 9.59 Å². The summed E-state index contributed by atoms with van der Waals surface area (Å²) in [5.74, 6) is -1.44. The lowest BCUT2D eigenvalue weighted by Crippen LogP contribution is -2.43. The average molecular weight is 405 g/mol. The molecule has 2 aromatic rings. The van der Waals surface area contributed by atoms with E-state index < -0.39 is 29.6 Å². The number of ether oxygens (including phenoxy) is 1. The third-order valence-electron chi connectivity index (χ3n) is 4.69. The highest BCUT2D eigenvalue weighted by molar-refractivity contribution is 7.14. The minimum Gasteiger partial charge on any atom is -0.453 e. The molecular formula is C19H23N3O5S. The van der Waals surface area contributed by atoms with E-state index in [1.165, 1.54) is 27.8 Å². The Hall–Kier alpha value is -2.68. The first-order valence-electron chi connectivity index (χ1n) is 9.12. The lowest BCUT2D eigenvalue weighted by molar-refractivity contribution is 0.0479. The number of thiophene rings is 1. The van der Waals surface area contributed by atoms with E-state index in [9.17, 15) is 19.2 Å². The van der Waals surface area contributed by atoms with E-state index in [4.69, 9.17) is 10.5 Å². The van der Waals surface area contributed by atoms with Crippen molar-refractivity contribution in [3.8, 4) is 0 Å². The predicted octanol–water partition coefficient (Wildman–Crippen LogP) is 1.38. The molecule has 0 bridgehead atoms. The fraction of sp³-hybridized carbons (Fsp3) is 0.474. The van der Waals surface area contributed by atoms with E-state index in [1.807, 2.05) is 13.8 Å². The highest BCUT2D eigenvalue weighted by Crippen LogP contribution is 2.30. The summed E-state index contributed by atoms with van der Waals surface area (Å²) in [4.78, 5) is 51.2. The quantitative estimate of drug-likeness (QED) is 0.574. The minimum absolute atomic E-state index is 0.0825. The van der Waals surface area contributed by atoms with E-state index in [-0.39, 0.29) is 23.8 Å². The van der Waals surface area contributed by atoms with Crippen LogP contribution in [0.3, 0.4) is 0 Å². The Morgan fingerprint density at radius 1 is 1.29 bits per heavy atom. The van der Waals surface area contributed by atoms with Gasteiger partial charge in [-0.1, -0.05) is 13.8 Å². The normalized spacial score (nSPS) is 13.0. The van der Waals surface area contributed by atoms with Gasteiger partial charge in [0, 0.05) is 18.5 Å². The van der Waals surface area contributed by atoms with Crippen LogP contribution in [-0.4, -0.2) is 27.5 Å². The molecule has 0 unspecified atom stereocenters. The third kappa shape index (κ3) is 3.66. The van der Waals surface area contributed by atoms with E-state index in [0.29, 0.717) is 4.88 Å². The van der Waals surface area contributed by atoms with Gasteiger partial charge in [0.25, 0.3) is 5.56 Å². The Morgan fingerprint density at radius 2 is 2.00 bits per heavy atom. The number of esters is 1. The number of hydrogen-bond acceptors (Lipinski definition) is 7. The average Bonchev–Trinajstić information content (AvgIpc) is 3.23. The van der Waals surface area contributed by atoms with Gasteiger partial charge >= 0.3 is 11.7 Å². The molecule has 8 nitrogen and oxygen atoms in total. The molecule has 0 spiro atoms. The van der Waals surface area contributed by atoms with Crippen LogP contribution in [0.4, 0.5) is 5.82 Å². The Balaban J connectivity index is 1.81. The maximum Gasteiger partial charge on any atom is 0.348 e. The van der Waals surface area contributed by atoms with E-state index in [2.05, 4.69) is 0 Å². The van der Waals surface area contributed by atoms with Crippen LogP contribution in [0.5, 0.6) is 0 Å². The first-order valence-corrected chi connectivity index (χ1v) is 9.93. The first kappa shape index (κ1) is 20.1. The number of carbonyl (C=O) groups is 2. The van der Waals surface area contributed by atoms with E-state index in [0.717, 1.165) is 29.4 Å². The van der Waals surface area contributed by atoms with Crippen molar-refractivity contribution >= 4 is 28.9 Å². The van der Waals surface area contributed by atoms with Crippen LogP contribution in [0.25, 0.3) is 0 Å². The molecule has 2 aromatic heterocycles. The molecule has 0 saturated heterocycles. The molecule has 1 aliphatic rings. The number of hydrogen-bond donors (Lipinski definition) is 1. The van der Waals surface area contributed by atoms with Crippen molar-refractivity contribution in [1.82, 2.24) is 9.13 Å². The smallest absolute Gasteiger partial charge is 0.348 e. The molecule has 0 radical (unpaired) electrons. The molecule has 150 valence electrons. The summed E-state index contributed by atoms with van der Waals surface area (Å²) >= 11 is 1.38. The predicted molar refractivity (Wildman–Crippen MR) is 106 cm³/mol. The number of Topliss-reactive ketones (excluding diaryl/α,β-unsaturated/α-hetero) is 1. The van der Waals surface area contributed by atoms with Crippen LogP contribution in [0, 0.1) is 5.92 Å². The number of carbonyl (C=O) groups excluding carboxylic acids is 2. The van der Waals surface area contributed by atoms with Gasteiger partial charge in [-0.3, -0.25) is 18.7 Å². The molecule has 2 N–H and O–H groups in total. The summed E-state index contributed by atoms with van der Waals surface area (Å²) in [6.07, 6.45) is 2.99. The zero-order chi connectivity index (χ0) is 20.6. The number of aromatic nitrogens is 2. The SMILES string of the molecule is CC(C)Cn1c(N)c(C(=O)COC(=O)c2cc3c(s2)CCC3)c(=O)n(C)c1=O. The maximum absolute atomic E-state index is 12.6. The molecule has 3 rings (SSSR count). The molecule has 0 amide bonds. The second-order valence-electron chi connectivity index (χ2n) is 7.32. The monoisotopic (exact) mass is 405 g/mol. The van der Waals surface area contributed by atoms with Gasteiger partial charge in [-0.15, -0.1) is 11.3 Å². The molecule has 0 fully saturated rings. The van der Waals surface area contributed by atoms with Gasteiger partial charge in [0.15, 0.2) is 6.61 Å². The van der Waals surface area contributed by atoms with Crippen molar-refractivity contribution in [2.45, 2.75) is 39.7 Å². The Morgan fingerprint density at radius 3 is 2.64 bits per heavy atom. The van der Waals surface area contributed by atoms with Crippen LogP contribution in [0.2, 0.25) is 0 Å². The van der Waals surface area contributed by atoms with Gasteiger partial charge in [-0.2, -0.15) is 0 Å². The van der Waals surface area contributed by atoms with Crippen molar-refractivity contribution in [2.75, 3.05) is 12.3 Å². The fourth-order valence-corrected chi connectivity index (χ4v) is 4.44. The molecular weight excluding hydrogens is 382 g/mol. The van der Waals surface area contributed by atoms with E-state index in [1.54, 1.807) is 6.07 Å². The number of rotatable bonds is 6. The zero-order valence-electron chi connectivity index (χ0n) is 16.1. The number of nitrogens with two attached hydrogens (primary N) is 1. The highest BCUT2D eigenvalue weighted by atomic mass is 32.1. The summed E-state index contributed by atoms with van der Waals surface area (Å²) < 4.78 is 7.16. The molecule has 2 heterocycles. The van der Waals surface area contributed by atoms with Gasteiger partial charge in [-0.05, 0) is 36.8 Å². The molecule has 0 atom stereocenters. The van der Waals surface area contributed by atoms with Gasteiger partial charge in [0.05, 0.1) is 0 Å². The van der Waals surface area contributed by atoms with Crippen LogP contribution in [-0.2, 0) is 31.2 Å². The second kappa shape index (κ2) is 7.75. The zero-order valence-corrected chi connectivity index (χ0v) is 16.9. The molecule has 28 heavy (non-hydrogen) atoms. The van der Waals surface area contributed by atoms with Crippen molar-refractivity contribution in [2.24, 2.45) is 13.0 Å². The summed E-state index contributed by atoms with van der Waals surface area (Å²) in [6, 6.07) is 1.80. The Kier molecular flexibility index (Phi) is 5.55. The summed E-state index contributed by atoms with van der Waals surface area (Å²) in [6.45, 7) is 3.43. The summed E-state index contributed by atoms with van der Waals surface area (Å²) in [7, 11) is 1.29. The standard InChI is InChI=1S/C19H23N3O5S/c1-10(2)8-22-16(20)15(17(24)21(3)19(22)26)12(23)9-27-18(25)14-7-11-5-4-6-13(11)28-14/h7,10H,4-6,8-9,20H2,1-3H3. The van der Waals surface area contributed by atoms with Crippen LogP contribution in [0.1, 0.15) is 50.7 Å². The molecule has 0 aromatic carbocycles. The van der Waals surface area contributed by atoms with Crippen LogP contribution < -0.4 is 17.0 Å². The highest BCUT2D eigenvalue weighted by Gasteiger charge is 2.24. The fourth-order valence-electron chi connectivity index (χ4n) is 3.29. The number of anilines is 1. The van der Waals surface area contributed by atoms with Crippen molar-refractivity contribution in [3.05, 3.63) is 47.8 Å². The summed E-state index contributed by atoms with van der Waals surface area (Å²) in [5, 5.41) is 0. The van der Waals surface area contributed by atoms with Crippen LogP contribution in [0.15, 0.2) is 15.7 Å². The molecule has 9 heteroatoms. The maximum atomic E-state index is 12.6. The number of nitrogen functional groups attached to an aromatic ring is 1. The topological polar surface area (TPSA) is 113 Å². The number of nitrogens with zero attached hydrogens (tertiary/aromatic N) is 2. The number of fused-ring (bicyclic) bond motifs is 1. The Bertz CT molecular complexity index is 1040. The summed E-state index contributed by atoms with van der Waals surface area (Å²) in [5.41, 5.74) is 5.41. The number of ketones is 1.